The van der Waals surface area contributed by atoms with Gasteiger partial charge in [-0.25, -0.2) is 8.42 Å². The largest absolute Gasteiger partial charge is 0.324 e. The van der Waals surface area contributed by atoms with Gasteiger partial charge in [-0.3, -0.25) is 4.79 Å². The van der Waals surface area contributed by atoms with Crippen LogP contribution in [0.1, 0.15) is 24.8 Å². The van der Waals surface area contributed by atoms with E-state index < -0.39 is 21.0 Å². The minimum absolute atomic E-state index is 0.111. The normalized spacial score (nSPS) is 21.9. The van der Waals surface area contributed by atoms with Gasteiger partial charge >= 0.3 is 0 Å². The standard InChI is InChI=1S/C13H16BrNO3S/c1-9-5-6-11(10(14)8-9)15-13(16)12-4-2-3-7-19(12,17)18/h5-6,8,12H,2-4,7H2,1H3,(H,15,16). The summed E-state index contributed by atoms with van der Waals surface area (Å²) in [6.07, 6.45) is 1.85. The van der Waals surface area contributed by atoms with Crippen LogP contribution < -0.4 is 5.32 Å². The number of amides is 1. The number of nitrogens with one attached hydrogen (secondary N) is 1. The third kappa shape index (κ3) is 3.36. The summed E-state index contributed by atoms with van der Waals surface area (Å²) in [4.78, 5) is 12.1. The molecule has 0 radical (unpaired) electrons. The second-order valence-electron chi connectivity index (χ2n) is 4.82. The van der Waals surface area contributed by atoms with Crippen LogP contribution in [0.4, 0.5) is 5.69 Å². The van der Waals surface area contributed by atoms with Crippen molar-refractivity contribution in [3.63, 3.8) is 0 Å². The highest BCUT2D eigenvalue weighted by Crippen LogP contribution is 2.26. The molecule has 1 aromatic carbocycles. The van der Waals surface area contributed by atoms with E-state index in [0.717, 1.165) is 16.5 Å². The van der Waals surface area contributed by atoms with Gasteiger partial charge in [0.05, 0.1) is 11.4 Å². The second-order valence-corrected chi connectivity index (χ2v) is 7.98. The van der Waals surface area contributed by atoms with E-state index in [9.17, 15) is 13.2 Å². The molecule has 1 fully saturated rings. The topological polar surface area (TPSA) is 63.2 Å². The minimum atomic E-state index is -3.29. The zero-order chi connectivity index (χ0) is 14.0. The van der Waals surface area contributed by atoms with Gasteiger partial charge in [0, 0.05) is 4.47 Å². The molecule has 6 heteroatoms. The highest BCUT2D eigenvalue weighted by molar-refractivity contribution is 9.10. The molecule has 1 saturated heterocycles. The number of carbonyl (C=O) groups is 1. The number of carbonyl (C=O) groups excluding carboxylic acids is 1. The van der Waals surface area contributed by atoms with E-state index in [1.54, 1.807) is 6.07 Å². The lowest BCUT2D eigenvalue weighted by Gasteiger charge is -2.21. The van der Waals surface area contributed by atoms with Gasteiger partial charge in [-0.1, -0.05) is 12.5 Å². The zero-order valence-electron chi connectivity index (χ0n) is 10.6. The van der Waals surface area contributed by atoms with Crippen molar-refractivity contribution in [2.45, 2.75) is 31.4 Å². The minimum Gasteiger partial charge on any atom is -0.324 e. The Morgan fingerprint density at radius 2 is 2.11 bits per heavy atom. The monoisotopic (exact) mass is 345 g/mol. The molecule has 1 amide bonds. The number of aryl methyl sites for hydroxylation is 1. The van der Waals surface area contributed by atoms with Gasteiger partial charge in [0.1, 0.15) is 5.25 Å². The Morgan fingerprint density at radius 3 is 2.74 bits per heavy atom. The summed E-state index contributed by atoms with van der Waals surface area (Å²) in [5, 5.41) is 1.79. The number of anilines is 1. The molecule has 1 N–H and O–H groups in total. The molecule has 0 aliphatic carbocycles. The van der Waals surface area contributed by atoms with Crippen LogP contribution in [0.3, 0.4) is 0 Å². The molecule has 4 nitrogen and oxygen atoms in total. The number of hydrogen-bond acceptors (Lipinski definition) is 3. The second kappa shape index (κ2) is 5.63. The van der Waals surface area contributed by atoms with Crippen molar-refractivity contribution >= 4 is 37.4 Å². The smallest absolute Gasteiger partial charge is 0.242 e. The average Bonchev–Trinajstić information content (AvgIpc) is 2.32. The zero-order valence-corrected chi connectivity index (χ0v) is 13.1. The summed E-state index contributed by atoms with van der Waals surface area (Å²) in [6, 6.07) is 5.52. The van der Waals surface area contributed by atoms with E-state index in [1.807, 2.05) is 19.1 Å². The van der Waals surface area contributed by atoms with Gasteiger partial charge in [0.2, 0.25) is 5.91 Å². The number of halogens is 1. The van der Waals surface area contributed by atoms with Crippen LogP contribution in [0.25, 0.3) is 0 Å². The Labute approximate surface area is 121 Å². The fraction of sp³-hybridized carbons (Fsp3) is 0.462. The molecule has 1 aliphatic heterocycles. The molecular weight excluding hydrogens is 330 g/mol. The highest BCUT2D eigenvalue weighted by Gasteiger charge is 2.34. The Hall–Kier alpha value is -0.880. The summed E-state index contributed by atoms with van der Waals surface area (Å²) in [6.45, 7) is 1.95. The van der Waals surface area contributed by atoms with Gasteiger partial charge in [0.25, 0.3) is 0 Å². The average molecular weight is 346 g/mol. The van der Waals surface area contributed by atoms with Gasteiger partial charge in [-0.15, -0.1) is 0 Å². The molecule has 2 rings (SSSR count). The van der Waals surface area contributed by atoms with Crippen LogP contribution in [0.5, 0.6) is 0 Å². The molecule has 0 spiro atoms. The maximum absolute atomic E-state index is 12.1. The Kier molecular flexibility index (Phi) is 4.30. The highest BCUT2D eigenvalue weighted by atomic mass is 79.9. The van der Waals surface area contributed by atoms with Crippen molar-refractivity contribution in [3.05, 3.63) is 28.2 Å². The van der Waals surface area contributed by atoms with Crippen LogP contribution in [-0.4, -0.2) is 25.3 Å². The maximum Gasteiger partial charge on any atom is 0.242 e. The molecule has 19 heavy (non-hydrogen) atoms. The van der Waals surface area contributed by atoms with Crippen LogP contribution in [0.15, 0.2) is 22.7 Å². The van der Waals surface area contributed by atoms with Gasteiger partial charge < -0.3 is 5.32 Å². The van der Waals surface area contributed by atoms with E-state index >= 15 is 0 Å². The molecular formula is C13H16BrNO3S. The van der Waals surface area contributed by atoms with Gasteiger partial charge in [-0.05, 0) is 53.4 Å². The third-order valence-corrected chi connectivity index (χ3v) is 6.08. The van der Waals surface area contributed by atoms with Crippen molar-refractivity contribution in [2.75, 3.05) is 11.1 Å². The number of hydrogen-bond donors (Lipinski definition) is 1. The molecule has 0 saturated carbocycles. The lowest BCUT2D eigenvalue weighted by Crippen LogP contribution is -2.39. The fourth-order valence-corrected chi connectivity index (χ4v) is 4.58. The van der Waals surface area contributed by atoms with Crippen molar-refractivity contribution in [2.24, 2.45) is 0 Å². The predicted molar refractivity (Wildman–Crippen MR) is 78.9 cm³/mol. The van der Waals surface area contributed by atoms with Gasteiger partial charge in [0.15, 0.2) is 9.84 Å². The summed E-state index contributed by atoms with van der Waals surface area (Å²) < 4.78 is 24.5. The summed E-state index contributed by atoms with van der Waals surface area (Å²) in [7, 11) is -3.29. The fourth-order valence-electron chi connectivity index (χ4n) is 2.18. The first-order chi connectivity index (χ1) is 8.90. The summed E-state index contributed by atoms with van der Waals surface area (Å²) >= 11 is 3.36. The van der Waals surface area contributed by atoms with Crippen LogP contribution >= 0.6 is 15.9 Å². The first-order valence-corrected chi connectivity index (χ1v) is 8.69. The number of benzene rings is 1. The van der Waals surface area contributed by atoms with E-state index in [2.05, 4.69) is 21.2 Å². The van der Waals surface area contributed by atoms with Crippen molar-refractivity contribution in [1.29, 1.82) is 0 Å². The molecule has 1 aromatic rings. The first-order valence-electron chi connectivity index (χ1n) is 6.19. The van der Waals surface area contributed by atoms with Crippen LogP contribution in [0, 0.1) is 6.92 Å². The molecule has 1 heterocycles. The Bertz CT molecular complexity index is 598. The molecule has 104 valence electrons. The van der Waals surface area contributed by atoms with E-state index in [0.29, 0.717) is 18.5 Å². The Balaban J connectivity index is 2.17. The van der Waals surface area contributed by atoms with Crippen LogP contribution in [-0.2, 0) is 14.6 Å². The molecule has 1 aliphatic rings. The Morgan fingerprint density at radius 1 is 1.37 bits per heavy atom. The SMILES string of the molecule is Cc1ccc(NC(=O)C2CCCCS2(=O)=O)c(Br)c1. The summed E-state index contributed by atoms with van der Waals surface area (Å²) in [5.74, 6) is -0.315. The summed E-state index contributed by atoms with van der Waals surface area (Å²) in [5.41, 5.74) is 1.67. The molecule has 1 atom stereocenters. The lowest BCUT2D eigenvalue weighted by atomic mass is 10.1. The molecule has 0 bridgehead atoms. The third-order valence-electron chi connectivity index (χ3n) is 3.25. The van der Waals surface area contributed by atoms with E-state index in [-0.39, 0.29) is 5.75 Å². The van der Waals surface area contributed by atoms with E-state index in [4.69, 9.17) is 0 Å². The first kappa shape index (κ1) is 14.5. The lowest BCUT2D eigenvalue weighted by molar-refractivity contribution is -0.116. The van der Waals surface area contributed by atoms with Crippen LogP contribution in [0.2, 0.25) is 0 Å². The van der Waals surface area contributed by atoms with Gasteiger partial charge in [-0.2, -0.15) is 0 Å². The van der Waals surface area contributed by atoms with Crippen molar-refractivity contribution < 1.29 is 13.2 Å². The maximum atomic E-state index is 12.1. The van der Waals surface area contributed by atoms with Crippen molar-refractivity contribution in [1.82, 2.24) is 0 Å². The molecule has 1 unspecified atom stereocenters. The van der Waals surface area contributed by atoms with E-state index in [1.165, 1.54) is 0 Å². The van der Waals surface area contributed by atoms with Crippen molar-refractivity contribution in [3.8, 4) is 0 Å². The predicted octanol–water partition coefficient (Wildman–Crippen LogP) is 2.66. The number of sulfone groups is 1. The molecule has 0 aromatic heterocycles. The quantitative estimate of drug-likeness (QED) is 0.896. The number of rotatable bonds is 2.